The second kappa shape index (κ2) is 8.59. The van der Waals surface area contributed by atoms with Crippen molar-refractivity contribution in [2.45, 2.75) is 32.2 Å². The smallest absolute Gasteiger partial charge is 0.241 e. The fourth-order valence-electron chi connectivity index (χ4n) is 4.07. The zero-order valence-electron chi connectivity index (χ0n) is 18.3. The SMILES string of the molecule is CC(C(=O)Nc1ccc2c(c1)OCO2)N1CCN(C(=O)C(C)(C)c2ccccc2)CC1. The van der Waals surface area contributed by atoms with Crippen molar-refractivity contribution in [1.29, 1.82) is 0 Å². The van der Waals surface area contributed by atoms with Crippen LogP contribution in [0, 0.1) is 0 Å². The van der Waals surface area contributed by atoms with E-state index in [1.165, 1.54) is 0 Å². The number of fused-ring (bicyclic) bond motifs is 1. The van der Waals surface area contributed by atoms with E-state index in [2.05, 4.69) is 10.2 Å². The summed E-state index contributed by atoms with van der Waals surface area (Å²) in [7, 11) is 0. The Morgan fingerprint density at radius 3 is 2.35 bits per heavy atom. The van der Waals surface area contributed by atoms with Gasteiger partial charge in [-0.1, -0.05) is 30.3 Å². The Balaban J connectivity index is 1.32. The minimum atomic E-state index is -0.578. The van der Waals surface area contributed by atoms with Gasteiger partial charge in [-0.05, 0) is 38.5 Å². The standard InChI is InChI=1S/C24H29N3O4/c1-17(22(28)25-19-9-10-20-21(15-19)31-16-30-20)26-11-13-27(14-12-26)23(29)24(2,3)18-7-5-4-6-8-18/h4-10,15,17H,11-14,16H2,1-3H3,(H,25,28). The zero-order chi connectivity index (χ0) is 22.0. The zero-order valence-corrected chi connectivity index (χ0v) is 18.3. The summed E-state index contributed by atoms with van der Waals surface area (Å²) in [6, 6.07) is 14.9. The monoisotopic (exact) mass is 423 g/mol. The highest BCUT2D eigenvalue weighted by Crippen LogP contribution is 2.34. The summed E-state index contributed by atoms with van der Waals surface area (Å²) in [5, 5.41) is 2.95. The lowest BCUT2D eigenvalue weighted by Gasteiger charge is -2.40. The van der Waals surface area contributed by atoms with Crippen LogP contribution in [0.15, 0.2) is 48.5 Å². The summed E-state index contributed by atoms with van der Waals surface area (Å²) in [4.78, 5) is 30.0. The molecule has 1 N–H and O–H groups in total. The molecule has 1 atom stereocenters. The third kappa shape index (κ3) is 4.37. The maximum Gasteiger partial charge on any atom is 0.241 e. The van der Waals surface area contributed by atoms with Gasteiger partial charge >= 0.3 is 0 Å². The van der Waals surface area contributed by atoms with Gasteiger partial charge in [0.15, 0.2) is 11.5 Å². The maximum absolute atomic E-state index is 13.2. The lowest BCUT2D eigenvalue weighted by molar-refractivity contribution is -0.138. The molecule has 0 saturated carbocycles. The molecule has 4 rings (SSSR count). The molecule has 0 aromatic heterocycles. The van der Waals surface area contributed by atoms with Crippen LogP contribution in [0.1, 0.15) is 26.3 Å². The van der Waals surface area contributed by atoms with Crippen LogP contribution < -0.4 is 14.8 Å². The molecule has 164 valence electrons. The van der Waals surface area contributed by atoms with Gasteiger partial charge in [-0.25, -0.2) is 0 Å². The number of amides is 2. The van der Waals surface area contributed by atoms with E-state index in [-0.39, 0.29) is 24.6 Å². The van der Waals surface area contributed by atoms with Crippen LogP contribution in [0.3, 0.4) is 0 Å². The third-order valence-corrected chi connectivity index (χ3v) is 6.20. The first kappa shape index (κ1) is 21.2. The Labute approximate surface area is 182 Å². The second-order valence-corrected chi connectivity index (χ2v) is 8.55. The Morgan fingerprint density at radius 1 is 0.968 bits per heavy atom. The molecular formula is C24H29N3O4. The maximum atomic E-state index is 13.2. The topological polar surface area (TPSA) is 71.1 Å². The number of anilines is 1. The average molecular weight is 424 g/mol. The van der Waals surface area contributed by atoms with E-state index >= 15 is 0 Å². The van der Waals surface area contributed by atoms with Gasteiger partial charge in [-0.2, -0.15) is 0 Å². The van der Waals surface area contributed by atoms with Crippen molar-refractivity contribution < 1.29 is 19.1 Å². The molecule has 7 heteroatoms. The quantitative estimate of drug-likeness (QED) is 0.801. The predicted octanol–water partition coefficient (Wildman–Crippen LogP) is 2.86. The Kier molecular flexibility index (Phi) is 5.87. The Bertz CT molecular complexity index is 953. The highest BCUT2D eigenvalue weighted by atomic mass is 16.7. The van der Waals surface area contributed by atoms with Crippen molar-refractivity contribution >= 4 is 17.5 Å². The fourth-order valence-corrected chi connectivity index (χ4v) is 4.07. The summed E-state index contributed by atoms with van der Waals surface area (Å²) in [5.41, 5.74) is 1.12. The van der Waals surface area contributed by atoms with Crippen LogP contribution in [0.5, 0.6) is 11.5 Å². The molecule has 2 aromatic rings. The van der Waals surface area contributed by atoms with E-state index in [0.717, 1.165) is 5.56 Å². The van der Waals surface area contributed by atoms with Crippen molar-refractivity contribution in [2.24, 2.45) is 0 Å². The minimum Gasteiger partial charge on any atom is -0.454 e. The molecule has 0 aliphatic carbocycles. The normalized spacial score (nSPS) is 17.3. The van der Waals surface area contributed by atoms with Gasteiger partial charge in [0, 0.05) is 37.9 Å². The van der Waals surface area contributed by atoms with Gasteiger partial charge in [0.25, 0.3) is 0 Å². The van der Waals surface area contributed by atoms with Gasteiger partial charge in [-0.15, -0.1) is 0 Å². The summed E-state index contributed by atoms with van der Waals surface area (Å²) < 4.78 is 10.7. The molecule has 1 fully saturated rings. The fraction of sp³-hybridized carbons (Fsp3) is 0.417. The number of carbonyl (C=O) groups excluding carboxylic acids is 2. The van der Waals surface area contributed by atoms with Gasteiger partial charge in [0.05, 0.1) is 11.5 Å². The lowest BCUT2D eigenvalue weighted by atomic mass is 9.83. The van der Waals surface area contributed by atoms with E-state index in [9.17, 15) is 9.59 Å². The summed E-state index contributed by atoms with van der Waals surface area (Å²) in [6.45, 7) is 8.57. The number of ether oxygens (including phenoxy) is 2. The van der Waals surface area contributed by atoms with Gasteiger partial charge in [-0.3, -0.25) is 14.5 Å². The first-order valence-corrected chi connectivity index (χ1v) is 10.7. The summed E-state index contributed by atoms with van der Waals surface area (Å²) >= 11 is 0. The van der Waals surface area contributed by atoms with E-state index in [1.54, 1.807) is 18.2 Å². The Morgan fingerprint density at radius 2 is 1.65 bits per heavy atom. The van der Waals surface area contributed by atoms with Crippen LogP contribution in [0.2, 0.25) is 0 Å². The molecule has 0 bridgehead atoms. The van der Waals surface area contributed by atoms with E-state index in [0.29, 0.717) is 43.4 Å². The number of carbonyl (C=O) groups is 2. The molecule has 1 saturated heterocycles. The van der Waals surface area contributed by atoms with Gasteiger partial charge in [0.2, 0.25) is 18.6 Å². The van der Waals surface area contributed by atoms with Crippen LogP contribution in [0.4, 0.5) is 5.69 Å². The molecule has 2 aliphatic heterocycles. The molecule has 31 heavy (non-hydrogen) atoms. The number of piperazine rings is 1. The molecule has 2 heterocycles. The number of nitrogens with zero attached hydrogens (tertiary/aromatic N) is 2. The number of rotatable bonds is 5. The minimum absolute atomic E-state index is 0.0803. The molecule has 7 nitrogen and oxygen atoms in total. The molecule has 1 unspecified atom stereocenters. The van der Waals surface area contributed by atoms with Crippen molar-refractivity contribution in [2.75, 3.05) is 38.3 Å². The number of nitrogens with one attached hydrogen (secondary N) is 1. The lowest BCUT2D eigenvalue weighted by Crippen LogP contribution is -2.56. The molecular weight excluding hydrogens is 394 g/mol. The van der Waals surface area contributed by atoms with E-state index in [4.69, 9.17) is 9.47 Å². The van der Waals surface area contributed by atoms with Gasteiger partial charge < -0.3 is 19.7 Å². The van der Waals surface area contributed by atoms with Crippen molar-refractivity contribution in [3.05, 3.63) is 54.1 Å². The van der Waals surface area contributed by atoms with E-state index in [1.807, 2.05) is 56.0 Å². The molecule has 0 radical (unpaired) electrons. The highest BCUT2D eigenvalue weighted by Gasteiger charge is 2.36. The van der Waals surface area contributed by atoms with Crippen LogP contribution in [0.25, 0.3) is 0 Å². The van der Waals surface area contributed by atoms with Crippen LogP contribution in [-0.2, 0) is 15.0 Å². The summed E-state index contributed by atoms with van der Waals surface area (Å²) in [5.74, 6) is 1.36. The average Bonchev–Trinajstić information content (AvgIpc) is 3.26. The molecule has 0 spiro atoms. The van der Waals surface area contributed by atoms with Crippen molar-refractivity contribution in [1.82, 2.24) is 9.80 Å². The van der Waals surface area contributed by atoms with Gasteiger partial charge in [0.1, 0.15) is 0 Å². The number of benzene rings is 2. The summed E-state index contributed by atoms with van der Waals surface area (Å²) in [6.07, 6.45) is 0. The van der Waals surface area contributed by atoms with Crippen LogP contribution in [-0.4, -0.2) is 60.6 Å². The van der Waals surface area contributed by atoms with Crippen LogP contribution >= 0.6 is 0 Å². The van der Waals surface area contributed by atoms with Crippen molar-refractivity contribution in [3.63, 3.8) is 0 Å². The molecule has 2 amide bonds. The third-order valence-electron chi connectivity index (χ3n) is 6.20. The number of hydrogen-bond donors (Lipinski definition) is 1. The largest absolute Gasteiger partial charge is 0.454 e. The molecule has 2 aromatic carbocycles. The Hall–Kier alpha value is -3.06. The first-order valence-electron chi connectivity index (χ1n) is 10.7. The van der Waals surface area contributed by atoms with Crippen molar-refractivity contribution in [3.8, 4) is 11.5 Å². The molecule has 2 aliphatic rings. The first-order chi connectivity index (χ1) is 14.9. The van der Waals surface area contributed by atoms with E-state index < -0.39 is 5.41 Å². The highest BCUT2D eigenvalue weighted by molar-refractivity contribution is 5.95. The number of hydrogen-bond acceptors (Lipinski definition) is 5. The second-order valence-electron chi connectivity index (χ2n) is 8.55. The predicted molar refractivity (Wildman–Crippen MR) is 118 cm³/mol.